The molecule has 1 aromatic rings. The van der Waals surface area contributed by atoms with Gasteiger partial charge in [-0.25, -0.2) is 0 Å². The van der Waals surface area contributed by atoms with Crippen LogP contribution in [-0.2, 0) is 4.74 Å². The van der Waals surface area contributed by atoms with Crippen molar-refractivity contribution in [3.05, 3.63) is 29.3 Å². The Bertz CT molecular complexity index is 625. The first-order valence-corrected chi connectivity index (χ1v) is 10.7. The van der Waals surface area contributed by atoms with E-state index in [0.29, 0.717) is 0 Å². The number of nitrogens with one attached hydrogen (secondary N) is 1. The summed E-state index contributed by atoms with van der Waals surface area (Å²) in [5.74, 6) is 1.76. The van der Waals surface area contributed by atoms with Gasteiger partial charge in [0.25, 0.3) is 0 Å². The fraction of sp³-hybridized carbons (Fsp3) is 0.667. The van der Waals surface area contributed by atoms with Crippen molar-refractivity contribution >= 4 is 23.2 Å². The summed E-state index contributed by atoms with van der Waals surface area (Å²) < 4.78 is 5.19. The van der Waals surface area contributed by atoms with Crippen LogP contribution in [0.5, 0.6) is 0 Å². The zero-order chi connectivity index (χ0) is 19.8. The predicted octanol–water partition coefficient (Wildman–Crippen LogP) is 2.40. The van der Waals surface area contributed by atoms with Crippen molar-refractivity contribution in [3.8, 4) is 0 Å². The molecule has 7 heteroatoms. The summed E-state index contributed by atoms with van der Waals surface area (Å²) in [6, 6.07) is 8.12. The fourth-order valence-corrected chi connectivity index (χ4v) is 4.24. The maximum Gasteiger partial charge on any atom is 0.193 e. The van der Waals surface area contributed by atoms with Crippen LogP contribution in [0.25, 0.3) is 0 Å². The molecule has 2 aliphatic heterocycles. The van der Waals surface area contributed by atoms with E-state index < -0.39 is 0 Å². The van der Waals surface area contributed by atoms with Gasteiger partial charge in [-0.1, -0.05) is 17.7 Å². The Labute approximate surface area is 174 Å². The van der Waals surface area contributed by atoms with Crippen molar-refractivity contribution in [2.75, 3.05) is 78.0 Å². The second-order valence-electron chi connectivity index (χ2n) is 7.66. The molecule has 156 valence electrons. The van der Waals surface area contributed by atoms with E-state index in [0.717, 1.165) is 62.8 Å². The van der Waals surface area contributed by atoms with Gasteiger partial charge in [0.05, 0.1) is 6.61 Å². The van der Waals surface area contributed by atoms with E-state index in [9.17, 15) is 0 Å². The molecule has 0 spiro atoms. The van der Waals surface area contributed by atoms with Crippen LogP contribution in [-0.4, -0.2) is 88.9 Å². The number of hydrogen-bond donors (Lipinski definition) is 1. The third-order valence-electron chi connectivity index (χ3n) is 5.83. The predicted molar refractivity (Wildman–Crippen MR) is 118 cm³/mol. The minimum Gasteiger partial charge on any atom is -0.383 e. The van der Waals surface area contributed by atoms with Crippen molar-refractivity contribution in [1.29, 1.82) is 0 Å². The van der Waals surface area contributed by atoms with Crippen molar-refractivity contribution in [1.82, 2.24) is 15.1 Å². The molecule has 0 saturated carbocycles. The second kappa shape index (κ2) is 10.9. The lowest BCUT2D eigenvalue weighted by Crippen LogP contribution is -2.53. The molecule has 0 aliphatic carbocycles. The van der Waals surface area contributed by atoms with Gasteiger partial charge in [0.2, 0.25) is 0 Å². The Balaban J connectivity index is 1.40. The number of aliphatic imine (C=N–C) groups is 1. The molecule has 2 aliphatic rings. The van der Waals surface area contributed by atoms with Crippen LogP contribution in [0.4, 0.5) is 5.69 Å². The number of benzene rings is 1. The number of methoxy groups -OCH3 is 1. The van der Waals surface area contributed by atoms with E-state index >= 15 is 0 Å². The van der Waals surface area contributed by atoms with Crippen molar-refractivity contribution in [3.63, 3.8) is 0 Å². The fourth-order valence-electron chi connectivity index (χ4n) is 4.05. The topological polar surface area (TPSA) is 43.3 Å². The van der Waals surface area contributed by atoms with Crippen LogP contribution in [0, 0.1) is 5.92 Å². The minimum atomic E-state index is 0.725. The van der Waals surface area contributed by atoms with E-state index in [-0.39, 0.29) is 0 Å². The monoisotopic (exact) mass is 407 g/mol. The van der Waals surface area contributed by atoms with E-state index in [1.54, 1.807) is 7.11 Å². The molecule has 2 fully saturated rings. The van der Waals surface area contributed by atoms with Crippen LogP contribution in [0.15, 0.2) is 29.3 Å². The summed E-state index contributed by atoms with van der Waals surface area (Å²) in [5.41, 5.74) is 1.20. The van der Waals surface area contributed by atoms with Crippen molar-refractivity contribution in [2.45, 2.75) is 12.8 Å². The number of anilines is 1. The van der Waals surface area contributed by atoms with Crippen LogP contribution < -0.4 is 10.2 Å². The smallest absolute Gasteiger partial charge is 0.193 e. The van der Waals surface area contributed by atoms with Gasteiger partial charge < -0.3 is 24.8 Å². The lowest BCUT2D eigenvalue weighted by Gasteiger charge is -2.38. The molecule has 0 aromatic heterocycles. The van der Waals surface area contributed by atoms with Gasteiger partial charge in [-0.2, -0.15) is 0 Å². The standard InChI is InChI=1S/C21H34ClN5O/c1-23-21(24-17-18-6-8-25(9-7-18)14-15-28-2)27-12-10-26(11-13-27)20-5-3-4-19(22)16-20/h3-5,16,18H,6-15,17H2,1-2H3,(H,23,24). The first-order chi connectivity index (χ1) is 13.7. The minimum absolute atomic E-state index is 0.725. The lowest BCUT2D eigenvalue weighted by atomic mass is 9.97. The van der Waals surface area contributed by atoms with Gasteiger partial charge in [-0.15, -0.1) is 0 Å². The molecule has 2 heterocycles. The lowest BCUT2D eigenvalue weighted by molar-refractivity contribution is 0.120. The molecule has 1 aromatic carbocycles. The zero-order valence-electron chi connectivity index (χ0n) is 17.2. The summed E-state index contributed by atoms with van der Waals surface area (Å²) in [5, 5.41) is 4.42. The molecule has 1 N–H and O–H groups in total. The largest absolute Gasteiger partial charge is 0.383 e. The maximum atomic E-state index is 6.14. The molecular formula is C21H34ClN5O. The van der Waals surface area contributed by atoms with Crippen LogP contribution >= 0.6 is 11.6 Å². The summed E-state index contributed by atoms with van der Waals surface area (Å²) in [7, 11) is 3.66. The second-order valence-corrected chi connectivity index (χ2v) is 8.10. The summed E-state index contributed by atoms with van der Waals surface area (Å²) in [6.45, 7) is 9.16. The Morgan fingerprint density at radius 3 is 2.57 bits per heavy atom. The molecule has 3 rings (SSSR count). The van der Waals surface area contributed by atoms with Gasteiger partial charge in [0.15, 0.2) is 5.96 Å². The van der Waals surface area contributed by atoms with E-state index in [1.165, 1.54) is 31.6 Å². The van der Waals surface area contributed by atoms with Gasteiger partial charge in [0.1, 0.15) is 0 Å². The molecule has 28 heavy (non-hydrogen) atoms. The molecule has 2 saturated heterocycles. The number of nitrogens with zero attached hydrogens (tertiary/aromatic N) is 4. The summed E-state index contributed by atoms with van der Waals surface area (Å²) in [6.07, 6.45) is 2.49. The maximum absolute atomic E-state index is 6.14. The Kier molecular flexibility index (Phi) is 8.25. The van der Waals surface area contributed by atoms with Gasteiger partial charge >= 0.3 is 0 Å². The van der Waals surface area contributed by atoms with Gasteiger partial charge in [-0.3, -0.25) is 4.99 Å². The van der Waals surface area contributed by atoms with Crippen LogP contribution in [0.1, 0.15) is 12.8 Å². The normalized spacial score (nSPS) is 19.9. The molecule has 0 radical (unpaired) electrons. The molecule has 0 amide bonds. The van der Waals surface area contributed by atoms with E-state index in [4.69, 9.17) is 16.3 Å². The SMILES string of the molecule is CN=C(NCC1CCN(CCOC)CC1)N1CCN(c2cccc(Cl)c2)CC1. The average Bonchev–Trinajstić information content (AvgIpc) is 2.74. The summed E-state index contributed by atoms with van der Waals surface area (Å²) >= 11 is 6.14. The van der Waals surface area contributed by atoms with Gasteiger partial charge in [-0.05, 0) is 50.0 Å². The Morgan fingerprint density at radius 2 is 1.93 bits per heavy atom. The zero-order valence-corrected chi connectivity index (χ0v) is 18.0. The van der Waals surface area contributed by atoms with E-state index in [2.05, 4.69) is 31.1 Å². The van der Waals surface area contributed by atoms with Crippen molar-refractivity contribution < 1.29 is 4.74 Å². The van der Waals surface area contributed by atoms with Crippen LogP contribution in [0.2, 0.25) is 5.02 Å². The first-order valence-electron chi connectivity index (χ1n) is 10.4. The third-order valence-corrected chi connectivity index (χ3v) is 6.07. The highest BCUT2D eigenvalue weighted by molar-refractivity contribution is 6.30. The average molecular weight is 408 g/mol. The third kappa shape index (κ3) is 6.00. The van der Waals surface area contributed by atoms with Gasteiger partial charge in [0, 0.05) is 64.1 Å². The molecule has 0 unspecified atom stereocenters. The molecule has 0 bridgehead atoms. The number of ether oxygens (including phenoxy) is 1. The number of piperazine rings is 1. The Hall–Kier alpha value is -1.50. The van der Waals surface area contributed by atoms with E-state index in [1.807, 2.05) is 25.2 Å². The van der Waals surface area contributed by atoms with Crippen molar-refractivity contribution in [2.24, 2.45) is 10.9 Å². The number of rotatable bonds is 6. The quantitative estimate of drug-likeness (QED) is 0.579. The number of guanidine groups is 1. The number of piperidine rings is 1. The first kappa shape index (κ1) is 21.2. The Morgan fingerprint density at radius 1 is 1.18 bits per heavy atom. The highest BCUT2D eigenvalue weighted by Gasteiger charge is 2.22. The number of halogens is 1. The number of likely N-dealkylation sites (tertiary alicyclic amines) is 1. The highest BCUT2D eigenvalue weighted by Crippen LogP contribution is 2.21. The number of hydrogen-bond acceptors (Lipinski definition) is 4. The highest BCUT2D eigenvalue weighted by atomic mass is 35.5. The molecule has 0 atom stereocenters. The molecule has 6 nitrogen and oxygen atoms in total. The summed E-state index contributed by atoms with van der Waals surface area (Å²) in [4.78, 5) is 11.8. The molecular weight excluding hydrogens is 374 g/mol. The van der Waals surface area contributed by atoms with Crippen LogP contribution in [0.3, 0.4) is 0 Å².